The Kier molecular flexibility index (Phi) is 3.44. The molecule has 4 nitrogen and oxygen atoms in total. The lowest BCUT2D eigenvalue weighted by Crippen LogP contribution is -2.19. The van der Waals surface area contributed by atoms with Gasteiger partial charge in [0.05, 0.1) is 5.69 Å². The van der Waals surface area contributed by atoms with Crippen molar-refractivity contribution in [3.8, 4) is 0 Å². The fraction of sp³-hybridized carbons (Fsp3) is 0.556. The SMILES string of the molecule is CCc1c(C(=O)O)c(C(F)C(F)(F)F)nn1C. The zero-order valence-corrected chi connectivity index (χ0v) is 9.05. The van der Waals surface area contributed by atoms with Gasteiger partial charge in [-0.15, -0.1) is 0 Å². The molecule has 1 aromatic rings. The van der Waals surface area contributed by atoms with Gasteiger partial charge in [-0.3, -0.25) is 4.68 Å². The predicted octanol–water partition coefficient (Wildman–Crippen LogP) is 2.25. The van der Waals surface area contributed by atoms with Crippen LogP contribution in [0.25, 0.3) is 0 Å². The molecule has 0 aliphatic rings. The lowest BCUT2D eigenvalue weighted by Gasteiger charge is -2.10. The number of carboxylic acids is 1. The van der Waals surface area contributed by atoms with Crippen molar-refractivity contribution in [1.29, 1.82) is 0 Å². The first-order valence-corrected chi connectivity index (χ1v) is 4.70. The fourth-order valence-electron chi connectivity index (χ4n) is 1.55. The molecule has 0 amide bonds. The molecule has 1 N–H and O–H groups in total. The predicted molar refractivity (Wildman–Crippen MR) is 49.4 cm³/mol. The Morgan fingerprint density at radius 1 is 1.53 bits per heavy atom. The second-order valence-corrected chi connectivity index (χ2v) is 3.39. The summed E-state index contributed by atoms with van der Waals surface area (Å²) < 4.78 is 50.7. The number of carbonyl (C=O) groups is 1. The Labute approximate surface area is 93.8 Å². The number of hydrogen-bond acceptors (Lipinski definition) is 2. The summed E-state index contributed by atoms with van der Waals surface area (Å²) in [7, 11) is 1.28. The van der Waals surface area contributed by atoms with Crippen molar-refractivity contribution in [3.05, 3.63) is 17.0 Å². The fourth-order valence-corrected chi connectivity index (χ4v) is 1.55. The summed E-state index contributed by atoms with van der Waals surface area (Å²) in [5, 5.41) is 12.1. The highest BCUT2D eigenvalue weighted by Gasteiger charge is 2.45. The molecular formula is C9H10F4N2O2. The van der Waals surface area contributed by atoms with Crippen molar-refractivity contribution in [2.24, 2.45) is 7.05 Å². The molecule has 0 saturated carbocycles. The summed E-state index contributed by atoms with van der Waals surface area (Å²) in [6.45, 7) is 1.55. The van der Waals surface area contributed by atoms with Crippen LogP contribution < -0.4 is 0 Å². The van der Waals surface area contributed by atoms with E-state index in [1.807, 2.05) is 0 Å². The van der Waals surface area contributed by atoms with E-state index >= 15 is 0 Å². The summed E-state index contributed by atoms with van der Waals surface area (Å²) in [5.74, 6) is -1.61. The van der Waals surface area contributed by atoms with E-state index in [0.717, 1.165) is 4.68 Å². The molecule has 0 aliphatic heterocycles. The van der Waals surface area contributed by atoms with Gasteiger partial charge in [-0.2, -0.15) is 18.3 Å². The highest BCUT2D eigenvalue weighted by atomic mass is 19.4. The standard InChI is InChI=1S/C9H10F4N2O2/c1-3-4-5(8(16)17)6(14-15(4)2)7(10)9(11,12)13/h7H,3H2,1-2H3,(H,16,17). The number of aryl methyl sites for hydroxylation is 1. The number of carboxylic acid groups (broad SMARTS) is 1. The zero-order chi connectivity index (χ0) is 13.4. The van der Waals surface area contributed by atoms with Gasteiger partial charge in [-0.1, -0.05) is 6.92 Å². The van der Waals surface area contributed by atoms with Crippen molar-refractivity contribution < 1.29 is 27.5 Å². The third-order valence-electron chi connectivity index (χ3n) is 2.27. The Morgan fingerprint density at radius 2 is 2.06 bits per heavy atom. The van der Waals surface area contributed by atoms with Gasteiger partial charge in [0.2, 0.25) is 6.17 Å². The Bertz CT molecular complexity index is 439. The quantitative estimate of drug-likeness (QED) is 0.842. The van der Waals surface area contributed by atoms with E-state index in [9.17, 15) is 22.4 Å². The molecule has 0 radical (unpaired) electrons. The first-order valence-electron chi connectivity index (χ1n) is 4.70. The lowest BCUT2D eigenvalue weighted by atomic mass is 10.1. The van der Waals surface area contributed by atoms with Crippen LogP contribution in [-0.2, 0) is 13.5 Å². The van der Waals surface area contributed by atoms with Crippen molar-refractivity contribution in [3.63, 3.8) is 0 Å². The van der Waals surface area contributed by atoms with E-state index in [1.165, 1.54) is 7.05 Å². The van der Waals surface area contributed by atoms with Crippen LogP contribution in [0.15, 0.2) is 0 Å². The molecule has 1 atom stereocenters. The van der Waals surface area contributed by atoms with E-state index in [0.29, 0.717) is 0 Å². The van der Waals surface area contributed by atoms with Crippen molar-refractivity contribution in [2.75, 3.05) is 0 Å². The molecule has 8 heteroatoms. The smallest absolute Gasteiger partial charge is 0.425 e. The number of rotatable bonds is 3. The number of nitrogens with zero attached hydrogens (tertiary/aromatic N) is 2. The second-order valence-electron chi connectivity index (χ2n) is 3.39. The topological polar surface area (TPSA) is 55.1 Å². The van der Waals surface area contributed by atoms with Gasteiger partial charge in [-0.25, -0.2) is 9.18 Å². The van der Waals surface area contributed by atoms with Gasteiger partial charge in [-0.05, 0) is 6.42 Å². The van der Waals surface area contributed by atoms with Crippen LogP contribution in [0.1, 0.15) is 34.8 Å². The minimum atomic E-state index is -5.16. The normalized spacial score (nSPS) is 13.8. The molecule has 96 valence electrons. The minimum absolute atomic E-state index is 0.0550. The first-order chi connectivity index (χ1) is 7.70. The van der Waals surface area contributed by atoms with E-state index in [4.69, 9.17) is 5.11 Å². The van der Waals surface area contributed by atoms with Gasteiger partial charge >= 0.3 is 12.1 Å². The molecule has 0 aromatic carbocycles. The van der Waals surface area contributed by atoms with Crippen LogP contribution in [0.3, 0.4) is 0 Å². The van der Waals surface area contributed by atoms with Crippen molar-refractivity contribution in [2.45, 2.75) is 25.7 Å². The van der Waals surface area contributed by atoms with Crippen molar-refractivity contribution in [1.82, 2.24) is 9.78 Å². The monoisotopic (exact) mass is 254 g/mol. The largest absolute Gasteiger partial charge is 0.478 e. The Hall–Kier alpha value is -1.60. The molecule has 0 spiro atoms. The van der Waals surface area contributed by atoms with E-state index in [2.05, 4.69) is 5.10 Å². The Balaban J connectivity index is 3.39. The summed E-state index contributed by atoms with van der Waals surface area (Å²) in [6.07, 6.45) is -8.40. The van der Waals surface area contributed by atoms with Crippen LogP contribution >= 0.6 is 0 Å². The molecule has 0 aliphatic carbocycles. The first kappa shape index (κ1) is 13.5. The zero-order valence-electron chi connectivity index (χ0n) is 9.05. The summed E-state index contributed by atoms with van der Waals surface area (Å²) in [5.41, 5.74) is -1.75. The van der Waals surface area contributed by atoms with Crippen molar-refractivity contribution >= 4 is 5.97 Å². The van der Waals surface area contributed by atoms with Gasteiger partial charge in [0.15, 0.2) is 0 Å². The van der Waals surface area contributed by atoms with E-state index in [-0.39, 0.29) is 12.1 Å². The molecule has 17 heavy (non-hydrogen) atoms. The van der Waals surface area contributed by atoms with Gasteiger partial charge in [0.1, 0.15) is 11.3 Å². The number of halogens is 4. The molecule has 0 bridgehead atoms. The lowest BCUT2D eigenvalue weighted by molar-refractivity contribution is -0.184. The highest BCUT2D eigenvalue weighted by molar-refractivity contribution is 5.90. The number of hydrogen-bond donors (Lipinski definition) is 1. The maximum atomic E-state index is 13.1. The maximum Gasteiger partial charge on any atom is 0.425 e. The van der Waals surface area contributed by atoms with Crippen LogP contribution in [0, 0.1) is 0 Å². The molecule has 1 unspecified atom stereocenters. The van der Waals surface area contributed by atoms with Crippen LogP contribution in [0.5, 0.6) is 0 Å². The molecular weight excluding hydrogens is 244 g/mol. The van der Waals surface area contributed by atoms with E-state index in [1.54, 1.807) is 6.92 Å². The van der Waals surface area contributed by atoms with E-state index < -0.39 is 29.6 Å². The summed E-state index contributed by atoms with van der Waals surface area (Å²) in [6, 6.07) is 0. The second kappa shape index (κ2) is 4.34. The molecule has 1 aromatic heterocycles. The number of alkyl halides is 4. The van der Waals surface area contributed by atoms with Crippen LogP contribution in [-0.4, -0.2) is 27.0 Å². The molecule has 0 fully saturated rings. The Morgan fingerprint density at radius 3 is 2.41 bits per heavy atom. The third-order valence-corrected chi connectivity index (χ3v) is 2.27. The number of aromatic nitrogens is 2. The maximum absolute atomic E-state index is 13.1. The van der Waals surface area contributed by atoms with Crippen LogP contribution in [0.2, 0.25) is 0 Å². The summed E-state index contributed by atoms with van der Waals surface area (Å²) >= 11 is 0. The summed E-state index contributed by atoms with van der Waals surface area (Å²) in [4.78, 5) is 10.9. The average Bonchev–Trinajstić information content (AvgIpc) is 2.52. The van der Waals surface area contributed by atoms with Gasteiger partial charge in [0.25, 0.3) is 0 Å². The molecule has 0 saturated heterocycles. The number of aromatic carboxylic acids is 1. The molecule has 1 heterocycles. The third kappa shape index (κ3) is 2.40. The highest BCUT2D eigenvalue weighted by Crippen LogP contribution is 2.37. The van der Waals surface area contributed by atoms with Gasteiger partial charge < -0.3 is 5.11 Å². The van der Waals surface area contributed by atoms with Gasteiger partial charge in [0, 0.05) is 7.05 Å². The average molecular weight is 254 g/mol. The van der Waals surface area contributed by atoms with Crippen LogP contribution in [0.4, 0.5) is 17.6 Å². The molecule has 1 rings (SSSR count). The minimum Gasteiger partial charge on any atom is -0.478 e.